The van der Waals surface area contributed by atoms with Crippen molar-refractivity contribution in [2.24, 2.45) is 0 Å². The molecule has 1 rings (SSSR count). The zero-order valence-corrected chi connectivity index (χ0v) is 10.4. The smallest absolute Gasteiger partial charge is 0.124 e. The molecule has 2 nitrogen and oxygen atoms in total. The van der Waals surface area contributed by atoms with Crippen LogP contribution in [0.1, 0.15) is 50.9 Å². The maximum atomic E-state index is 9.79. The lowest BCUT2D eigenvalue weighted by molar-refractivity contribution is 0.0783. The molecule has 1 heterocycles. The van der Waals surface area contributed by atoms with Crippen molar-refractivity contribution < 1.29 is 5.11 Å². The third-order valence-electron chi connectivity index (χ3n) is 2.58. The van der Waals surface area contributed by atoms with Crippen molar-refractivity contribution in [1.29, 1.82) is 0 Å². The summed E-state index contributed by atoms with van der Waals surface area (Å²) in [5.41, 5.74) is -0.645. The molecule has 14 heavy (non-hydrogen) atoms. The molecule has 0 aliphatic heterocycles. The standard InChI is InChI=1S/C11H19NOS/c1-6-10(2,3)8-7-12-9(14-8)11(4,5)13/h7,13H,6H2,1-5H3. The van der Waals surface area contributed by atoms with Crippen molar-refractivity contribution in [2.75, 3.05) is 0 Å². The van der Waals surface area contributed by atoms with Gasteiger partial charge >= 0.3 is 0 Å². The van der Waals surface area contributed by atoms with Gasteiger partial charge in [0.1, 0.15) is 10.6 Å². The van der Waals surface area contributed by atoms with Gasteiger partial charge < -0.3 is 5.11 Å². The van der Waals surface area contributed by atoms with Gasteiger partial charge in [0, 0.05) is 16.5 Å². The lowest BCUT2D eigenvalue weighted by Crippen LogP contribution is -2.15. The van der Waals surface area contributed by atoms with Gasteiger partial charge in [-0.25, -0.2) is 4.98 Å². The summed E-state index contributed by atoms with van der Waals surface area (Å²) in [5.74, 6) is 0. The lowest BCUT2D eigenvalue weighted by atomic mass is 9.89. The van der Waals surface area contributed by atoms with E-state index in [0.717, 1.165) is 11.4 Å². The minimum Gasteiger partial charge on any atom is -0.383 e. The van der Waals surface area contributed by atoms with E-state index in [1.807, 2.05) is 6.20 Å². The molecule has 1 N–H and O–H groups in total. The number of rotatable bonds is 3. The summed E-state index contributed by atoms with van der Waals surface area (Å²) < 4.78 is 0. The topological polar surface area (TPSA) is 33.1 Å². The molecule has 0 fully saturated rings. The predicted molar refractivity (Wildman–Crippen MR) is 60.7 cm³/mol. The number of thiazole rings is 1. The Balaban J connectivity index is 3.00. The Labute approximate surface area is 90.0 Å². The van der Waals surface area contributed by atoms with Gasteiger partial charge in [-0.3, -0.25) is 0 Å². The fourth-order valence-electron chi connectivity index (χ4n) is 1.04. The first-order valence-electron chi connectivity index (χ1n) is 4.96. The molecule has 0 aliphatic carbocycles. The average molecular weight is 213 g/mol. The zero-order chi connectivity index (χ0) is 11.0. The SMILES string of the molecule is CCC(C)(C)c1cnc(C(C)(C)O)s1. The fraction of sp³-hybridized carbons (Fsp3) is 0.727. The molecule has 0 amide bonds. The number of nitrogens with zero attached hydrogens (tertiary/aromatic N) is 1. The van der Waals surface area contributed by atoms with Crippen LogP contribution in [0, 0.1) is 0 Å². The molecule has 0 saturated carbocycles. The van der Waals surface area contributed by atoms with Crippen molar-refractivity contribution in [3.05, 3.63) is 16.1 Å². The van der Waals surface area contributed by atoms with E-state index in [0.29, 0.717) is 0 Å². The van der Waals surface area contributed by atoms with E-state index in [1.54, 1.807) is 25.2 Å². The molecule has 0 bridgehead atoms. The predicted octanol–water partition coefficient (Wildman–Crippen LogP) is 3.06. The van der Waals surface area contributed by atoms with Crippen LogP contribution in [0.5, 0.6) is 0 Å². The largest absolute Gasteiger partial charge is 0.383 e. The van der Waals surface area contributed by atoms with Crippen LogP contribution in [-0.2, 0) is 11.0 Å². The molecule has 0 aliphatic rings. The Bertz CT molecular complexity index is 309. The lowest BCUT2D eigenvalue weighted by Gasteiger charge is -2.20. The minimum atomic E-state index is -0.813. The van der Waals surface area contributed by atoms with Crippen LogP contribution in [0.3, 0.4) is 0 Å². The molecular weight excluding hydrogens is 194 g/mol. The summed E-state index contributed by atoms with van der Waals surface area (Å²) >= 11 is 1.61. The van der Waals surface area contributed by atoms with E-state index in [9.17, 15) is 5.11 Å². The maximum Gasteiger partial charge on any atom is 0.124 e. The van der Waals surface area contributed by atoms with E-state index < -0.39 is 5.60 Å². The average Bonchev–Trinajstić information content (AvgIpc) is 2.51. The Morgan fingerprint density at radius 2 is 1.93 bits per heavy atom. The second-order valence-corrected chi connectivity index (χ2v) is 5.86. The summed E-state index contributed by atoms with van der Waals surface area (Å²) in [4.78, 5) is 5.52. The van der Waals surface area contributed by atoms with Gasteiger partial charge in [-0.1, -0.05) is 20.8 Å². The van der Waals surface area contributed by atoms with E-state index >= 15 is 0 Å². The van der Waals surface area contributed by atoms with Gasteiger partial charge in [-0.15, -0.1) is 11.3 Å². The number of hydrogen-bond donors (Lipinski definition) is 1. The number of aliphatic hydroxyl groups is 1. The minimum absolute atomic E-state index is 0.168. The molecule has 0 unspecified atom stereocenters. The van der Waals surface area contributed by atoms with Crippen LogP contribution in [0.2, 0.25) is 0 Å². The van der Waals surface area contributed by atoms with Crippen LogP contribution in [0.15, 0.2) is 6.20 Å². The second-order valence-electron chi connectivity index (χ2n) is 4.83. The fourth-order valence-corrected chi connectivity index (χ4v) is 2.13. The molecule has 0 aromatic carbocycles. The number of hydrogen-bond acceptors (Lipinski definition) is 3. The molecule has 0 saturated heterocycles. The van der Waals surface area contributed by atoms with Crippen LogP contribution in [0.4, 0.5) is 0 Å². The highest BCUT2D eigenvalue weighted by molar-refractivity contribution is 7.11. The summed E-state index contributed by atoms with van der Waals surface area (Å²) in [5, 5.41) is 10.6. The van der Waals surface area contributed by atoms with Crippen molar-refractivity contribution in [3.63, 3.8) is 0 Å². The van der Waals surface area contributed by atoms with Gasteiger partial charge in [0.25, 0.3) is 0 Å². The van der Waals surface area contributed by atoms with Gasteiger partial charge in [-0.2, -0.15) is 0 Å². The third kappa shape index (κ3) is 2.34. The summed E-state index contributed by atoms with van der Waals surface area (Å²) in [6.07, 6.45) is 2.97. The normalized spacial score (nSPS) is 13.3. The first-order valence-corrected chi connectivity index (χ1v) is 5.78. The van der Waals surface area contributed by atoms with Crippen molar-refractivity contribution in [2.45, 2.75) is 52.1 Å². The molecular formula is C11H19NOS. The monoisotopic (exact) mass is 213 g/mol. The third-order valence-corrected chi connectivity index (χ3v) is 4.26. The molecule has 1 aromatic heterocycles. The van der Waals surface area contributed by atoms with Crippen LogP contribution in [-0.4, -0.2) is 10.1 Å². The summed E-state index contributed by atoms with van der Waals surface area (Å²) in [6, 6.07) is 0. The van der Waals surface area contributed by atoms with E-state index in [1.165, 1.54) is 4.88 Å². The van der Waals surface area contributed by atoms with Crippen molar-refractivity contribution >= 4 is 11.3 Å². The molecule has 3 heteroatoms. The van der Waals surface area contributed by atoms with E-state index in [-0.39, 0.29) is 5.41 Å². The van der Waals surface area contributed by atoms with Crippen molar-refractivity contribution in [3.8, 4) is 0 Å². The summed E-state index contributed by atoms with van der Waals surface area (Å²) in [7, 11) is 0. The quantitative estimate of drug-likeness (QED) is 0.837. The Morgan fingerprint density at radius 1 is 1.36 bits per heavy atom. The Morgan fingerprint density at radius 3 is 2.29 bits per heavy atom. The second kappa shape index (κ2) is 3.63. The first kappa shape index (κ1) is 11.7. The molecule has 0 spiro atoms. The highest BCUT2D eigenvalue weighted by Crippen LogP contribution is 2.34. The number of aromatic nitrogens is 1. The van der Waals surface area contributed by atoms with Crippen molar-refractivity contribution in [1.82, 2.24) is 4.98 Å². The highest BCUT2D eigenvalue weighted by Gasteiger charge is 2.25. The Kier molecular flexibility index (Phi) is 3.02. The van der Waals surface area contributed by atoms with Gasteiger partial charge in [0.2, 0.25) is 0 Å². The van der Waals surface area contributed by atoms with E-state index in [2.05, 4.69) is 25.8 Å². The maximum absolute atomic E-state index is 9.79. The first-order chi connectivity index (χ1) is 6.27. The van der Waals surface area contributed by atoms with Crippen LogP contribution in [0.25, 0.3) is 0 Å². The van der Waals surface area contributed by atoms with E-state index in [4.69, 9.17) is 0 Å². The Hall–Kier alpha value is -0.410. The van der Waals surface area contributed by atoms with Crippen LogP contribution >= 0.6 is 11.3 Å². The van der Waals surface area contributed by atoms with Gasteiger partial charge in [0.05, 0.1) is 0 Å². The molecule has 0 atom stereocenters. The molecule has 1 aromatic rings. The highest BCUT2D eigenvalue weighted by atomic mass is 32.1. The van der Waals surface area contributed by atoms with Gasteiger partial charge in [-0.05, 0) is 20.3 Å². The molecule has 0 radical (unpaired) electrons. The van der Waals surface area contributed by atoms with Crippen LogP contribution < -0.4 is 0 Å². The zero-order valence-electron chi connectivity index (χ0n) is 9.59. The summed E-state index contributed by atoms with van der Waals surface area (Å²) in [6.45, 7) is 10.1. The molecule has 80 valence electrons. The van der Waals surface area contributed by atoms with Gasteiger partial charge in [0.15, 0.2) is 0 Å².